The largest absolute Gasteiger partial charge is 0.289 e. The summed E-state index contributed by atoms with van der Waals surface area (Å²) in [6.45, 7) is 0. The fraction of sp³-hybridized carbons (Fsp3) is 0. The quantitative estimate of drug-likeness (QED) is 0.562. The van der Waals surface area contributed by atoms with Crippen LogP contribution in [-0.2, 0) is 0 Å². The first kappa shape index (κ1) is 5.80. The second kappa shape index (κ2) is 5.08. The Morgan fingerprint density at radius 3 is 2.44 bits per heavy atom. The third-order valence-corrected chi connectivity index (χ3v) is 1.97. The number of allylic oxidation sites excluding steroid dienone is 1. The van der Waals surface area contributed by atoms with E-state index in [2.05, 4.69) is 0 Å². The number of ketones is 1. The lowest BCUT2D eigenvalue weighted by molar-refractivity contribution is 0.104. The molecule has 0 atom stereocenters. The van der Waals surface area contributed by atoms with Crippen molar-refractivity contribution in [2.45, 2.75) is 0 Å². The van der Waals surface area contributed by atoms with E-state index in [1.165, 1.54) is 6.08 Å². The van der Waals surface area contributed by atoms with Gasteiger partial charge in [0.15, 0.2) is 5.78 Å². The van der Waals surface area contributed by atoms with Crippen molar-refractivity contribution in [1.29, 1.82) is 0 Å². The van der Waals surface area contributed by atoms with E-state index in [-0.39, 0.29) is 5.56 Å². The third kappa shape index (κ3) is 2.67. The van der Waals surface area contributed by atoms with E-state index in [4.69, 9.17) is 6.85 Å². The molecule has 0 spiro atoms. The van der Waals surface area contributed by atoms with Crippen LogP contribution in [0.1, 0.15) is 22.8 Å². The van der Waals surface area contributed by atoms with Crippen molar-refractivity contribution in [1.82, 2.24) is 0 Å². The van der Waals surface area contributed by atoms with Crippen molar-refractivity contribution in [3.63, 3.8) is 0 Å². The first-order valence-corrected chi connectivity index (χ1v) is 4.78. The van der Waals surface area contributed by atoms with E-state index in [0.29, 0.717) is 0 Å². The standard InChI is InChI=1S/C15H12O/c16-15(14-9-5-2-6-10-14)12-11-13-7-3-1-4-8-13/h1-12H/b12-11+/i2D,5D,6D,9D,10D. The minimum absolute atomic E-state index is 0.312. The minimum Gasteiger partial charge on any atom is -0.289 e. The summed E-state index contributed by atoms with van der Waals surface area (Å²) in [5.74, 6) is -0.615. The molecule has 0 aliphatic rings. The van der Waals surface area contributed by atoms with E-state index in [0.717, 1.165) is 5.56 Å². The SMILES string of the molecule is [2H]c1c([2H])c([2H])c(C(=O)/C=C/c2ccccc2)c([2H])c1[2H]. The van der Waals surface area contributed by atoms with Crippen LogP contribution in [0.4, 0.5) is 0 Å². The smallest absolute Gasteiger partial charge is 0.185 e. The zero-order chi connectivity index (χ0) is 15.6. The van der Waals surface area contributed by atoms with E-state index < -0.39 is 36.0 Å². The summed E-state index contributed by atoms with van der Waals surface area (Å²) in [6.07, 6.45) is 2.76. The predicted molar refractivity (Wildman–Crippen MR) is 66.2 cm³/mol. The second-order valence-electron chi connectivity index (χ2n) is 3.11. The molecule has 2 aromatic carbocycles. The molecule has 0 aromatic heterocycles. The maximum absolute atomic E-state index is 12.1. The molecule has 0 N–H and O–H groups in total. The van der Waals surface area contributed by atoms with Crippen molar-refractivity contribution in [2.75, 3.05) is 0 Å². The van der Waals surface area contributed by atoms with Crippen LogP contribution in [0, 0.1) is 0 Å². The highest BCUT2D eigenvalue weighted by atomic mass is 16.1. The number of benzene rings is 2. The van der Waals surface area contributed by atoms with E-state index in [1.807, 2.05) is 18.2 Å². The average molecular weight is 213 g/mol. The molecule has 0 radical (unpaired) electrons. The highest BCUT2D eigenvalue weighted by Gasteiger charge is 1.98. The summed E-state index contributed by atoms with van der Waals surface area (Å²) in [5, 5.41) is 0. The van der Waals surface area contributed by atoms with Crippen LogP contribution < -0.4 is 0 Å². The summed E-state index contributed by atoms with van der Waals surface area (Å²) < 4.78 is 38.0. The summed E-state index contributed by atoms with van der Waals surface area (Å²) in [4.78, 5) is 12.1. The zero-order valence-corrected chi connectivity index (χ0v) is 8.45. The van der Waals surface area contributed by atoms with Crippen molar-refractivity contribution in [3.05, 3.63) is 77.7 Å². The Hall–Kier alpha value is -2.15. The Balaban J connectivity index is 2.43. The Kier molecular flexibility index (Phi) is 1.84. The molecule has 1 heteroatoms. The number of carbonyl (C=O) groups excluding carboxylic acids is 1. The highest BCUT2D eigenvalue weighted by Crippen LogP contribution is 2.05. The molecule has 0 aliphatic heterocycles. The molecule has 0 saturated carbocycles. The lowest BCUT2D eigenvalue weighted by Gasteiger charge is -1.94. The maximum Gasteiger partial charge on any atom is 0.185 e. The first-order valence-electron chi connectivity index (χ1n) is 7.28. The molecule has 1 nitrogen and oxygen atoms in total. The van der Waals surface area contributed by atoms with Gasteiger partial charge in [0, 0.05) is 5.56 Å². The Morgan fingerprint density at radius 1 is 1.06 bits per heavy atom. The van der Waals surface area contributed by atoms with E-state index in [9.17, 15) is 4.79 Å². The summed E-state index contributed by atoms with van der Waals surface area (Å²) >= 11 is 0. The van der Waals surface area contributed by atoms with Crippen LogP contribution in [0.15, 0.2) is 66.6 Å². The van der Waals surface area contributed by atoms with Gasteiger partial charge in [0.2, 0.25) is 0 Å². The molecule has 16 heavy (non-hydrogen) atoms. The van der Waals surface area contributed by atoms with Crippen molar-refractivity contribution in [3.8, 4) is 0 Å². The van der Waals surface area contributed by atoms with Crippen LogP contribution in [0.5, 0.6) is 0 Å². The fourth-order valence-electron chi connectivity index (χ4n) is 1.19. The van der Waals surface area contributed by atoms with Crippen molar-refractivity contribution < 1.29 is 11.6 Å². The monoisotopic (exact) mass is 213 g/mol. The molecule has 0 saturated heterocycles. The first-order chi connectivity index (χ1) is 9.93. The average Bonchev–Trinajstić information content (AvgIpc) is 2.50. The fourth-order valence-corrected chi connectivity index (χ4v) is 1.19. The molecule has 78 valence electrons. The van der Waals surface area contributed by atoms with Crippen LogP contribution in [0.3, 0.4) is 0 Å². The van der Waals surface area contributed by atoms with Crippen LogP contribution >= 0.6 is 0 Å². The van der Waals surface area contributed by atoms with Gasteiger partial charge in [-0.15, -0.1) is 0 Å². The summed E-state index contributed by atoms with van der Waals surface area (Å²) in [6, 6.07) is 6.58. The van der Waals surface area contributed by atoms with Gasteiger partial charge in [-0.05, 0) is 11.6 Å². The second-order valence-corrected chi connectivity index (χ2v) is 3.11. The van der Waals surface area contributed by atoms with Gasteiger partial charge in [-0.2, -0.15) is 0 Å². The minimum atomic E-state index is -0.615. The number of hydrogen-bond acceptors (Lipinski definition) is 1. The van der Waals surface area contributed by atoms with Gasteiger partial charge in [0.05, 0.1) is 6.85 Å². The third-order valence-electron chi connectivity index (χ3n) is 1.97. The molecule has 0 fully saturated rings. The van der Waals surface area contributed by atoms with Crippen molar-refractivity contribution in [2.24, 2.45) is 0 Å². The van der Waals surface area contributed by atoms with Crippen LogP contribution in [0.25, 0.3) is 6.08 Å². The lowest BCUT2D eigenvalue weighted by atomic mass is 10.1. The molecule has 0 heterocycles. The summed E-state index contributed by atoms with van der Waals surface area (Å²) in [7, 11) is 0. The van der Waals surface area contributed by atoms with Gasteiger partial charge in [-0.1, -0.05) is 66.6 Å². The normalized spacial score (nSPS) is 14.9. The molecule has 0 amide bonds. The molecule has 2 aromatic rings. The highest BCUT2D eigenvalue weighted by molar-refractivity contribution is 6.06. The van der Waals surface area contributed by atoms with Crippen LogP contribution in [0.2, 0.25) is 0 Å². The zero-order valence-electron chi connectivity index (χ0n) is 13.4. The van der Waals surface area contributed by atoms with E-state index in [1.54, 1.807) is 18.2 Å². The number of hydrogen-bond donors (Lipinski definition) is 0. The topological polar surface area (TPSA) is 17.1 Å². The molecule has 0 bridgehead atoms. The van der Waals surface area contributed by atoms with Crippen LogP contribution in [-0.4, -0.2) is 5.78 Å². The molecular formula is C15H12O. The van der Waals surface area contributed by atoms with Gasteiger partial charge < -0.3 is 0 Å². The number of carbonyl (C=O) groups is 1. The molecular weight excluding hydrogens is 196 g/mol. The maximum atomic E-state index is 12.1. The van der Waals surface area contributed by atoms with Gasteiger partial charge in [-0.25, -0.2) is 0 Å². The van der Waals surface area contributed by atoms with Gasteiger partial charge in [-0.3, -0.25) is 4.79 Å². The number of rotatable bonds is 3. The molecule has 0 unspecified atom stereocenters. The van der Waals surface area contributed by atoms with Gasteiger partial charge in [0.1, 0.15) is 0 Å². The Morgan fingerprint density at radius 2 is 1.75 bits per heavy atom. The Bertz CT molecular complexity index is 694. The van der Waals surface area contributed by atoms with Crippen molar-refractivity contribution >= 4 is 11.9 Å². The van der Waals surface area contributed by atoms with Gasteiger partial charge >= 0.3 is 0 Å². The lowest BCUT2D eigenvalue weighted by Crippen LogP contribution is -1.92. The predicted octanol–water partition coefficient (Wildman–Crippen LogP) is 3.58. The molecule has 0 aliphatic carbocycles. The Labute approximate surface area is 102 Å². The summed E-state index contributed by atoms with van der Waals surface area (Å²) in [5.41, 5.74) is 0.478. The molecule has 2 rings (SSSR count). The van der Waals surface area contributed by atoms with Gasteiger partial charge in [0.25, 0.3) is 0 Å². The van der Waals surface area contributed by atoms with E-state index >= 15 is 0 Å².